The molecule has 5 aromatic rings. The maximum Gasteiger partial charge on any atom is 0.347 e. The quantitative estimate of drug-likeness (QED) is 0.146. The van der Waals surface area contributed by atoms with Crippen molar-refractivity contribution < 1.29 is 28.6 Å². The number of fused-ring (bicyclic) bond motifs is 5. The van der Waals surface area contributed by atoms with Gasteiger partial charge in [0.15, 0.2) is 21.2 Å². The number of carbonyl (C=O) groups is 2. The minimum absolute atomic E-state index is 0.00289. The second-order valence-electron chi connectivity index (χ2n) is 13.5. The minimum atomic E-state index is -2.28. The van der Waals surface area contributed by atoms with Crippen LogP contribution in [0.3, 0.4) is 0 Å². The van der Waals surface area contributed by atoms with Crippen LogP contribution in [0.5, 0.6) is 17.2 Å². The molecule has 2 amide bonds. The number of aromatic nitrogens is 5. The van der Waals surface area contributed by atoms with Crippen molar-refractivity contribution in [1.29, 1.82) is 0 Å². The standard InChI is InChI=1S/C37H30Cl3FN6O8/c1-43-25-16-29(55-3)28(54-2)15-24(25)42-23(31(43)49)11-12-44-34(52)45-13-10-21-26(47(45)35(44)53)17-36(39)32(50)46(20-7-5-19(41)6-8-20)33(51)37(36,40)30(21)22-14-18(38)4-9-27(22)48/h4-10,14-16,26,30,48H,11-13,17H2,1-3H3. The number of hydrogen-bond acceptors (Lipinski definition) is 9. The fourth-order valence-electron chi connectivity index (χ4n) is 8.09. The van der Waals surface area contributed by atoms with Crippen molar-refractivity contribution in [3.05, 3.63) is 120 Å². The van der Waals surface area contributed by atoms with E-state index in [1.54, 1.807) is 25.3 Å². The predicted octanol–water partition coefficient (Wildman–Crippen LogP) is 4.01. The molecule has 0 spiro atoms. The zero-order chi connectivity index (χ0) is 39.3. The normalized spacial score (nSPS) is 23.0. The first-order valence-corrected chi connectivity index (χ1v) is 18.0. The Bertz CT molecular complexity index is 2710. The molecule has 8 rings (SSSR count). The second-order valence-corrected chi connectivity index (χ2v) is 15.2. The number of hydrogen-bond donors (Lipinski definition) is 1. The van der Waals surface area contributed by atoms with Gasteiger partial charge in [-0.25, -0.2) is 37.8 Å². The van der Waals surface area contributed by atoms with Crippen LogP contribution in [0.4, 0.5) is 10.1 Å². The van der Waals surface area contributed by atoms with Crippen molar-refractivity contribution in [3.8, 4) is 17.2 Å². The topological polar surface area (TPSA) is 160 Å². The molecule has 4 unspecified atom stereocenters. The van der Waals surface area contributed by atoms with Crippen LogP contribution in [-0.4, -0.2) is 64.4 Å². The fraction of sp³-hybridized carbons (Fsp3) is 0.297. The van der Waals surface area contributed by atoms with Crippen LogP contribution in [0.15, 0.2) is 80.6 Å². The zero-order valence-electron chi connectivity index (χ0n) is 29.3. The largest absolute Gasteiger partial charge is 0.508 e. The monoisotopic (exact) mass is 810 g/mol. The van der Waals surface area contributed by atoms with E-state index in [0.717, 1.165) is 26.3 Å². The number of rotatable bonds is 7. The van der Waals surface area contributed by atoms with Crippen LogP contribution in [0.1, 0.15) is 29.6 Å². The Morgan fingerprint density at radius 1 is 0.945 bits per heavy atom. The van der Waals surface area contributed by atoms with Crippen molar-refractivity contribution >= 4 is 63.3 Å². The van der Waals surface area contributed by atoms with Gasteiger partial charge in [0.1, 0.15) is 17.3 Å². The summed E-state index contributed by atoms with van der Waals surface area (Å²) in [6.07, 6.45) is 1.08. The van der Waals surface area contributed by atoms with Gasteiger partial charge in [0.25, 0.3) is 17.4 Å². The third-order valence-corrected chi connectivity index (χ3v) is 12.4. The van der Waals surface area contributed by atoms with Crippen molar-refractivity contribution in [3.63, 3.8) is 0 Å². The molecule has 1 aliphatic carbocycles. The number of nitrogens with zero attached hydrogens (tertiary/aromatic N) is 6. The summed E-state index contributed by atoms with van der Waals surface area (Å²) >= 11 is 21.1. The van der Waals surface area contributed by atoms with Crippen LogP contribution >= 0.6 is 34.8 Å². The number of alkyl halides is 2. The molecule has 1 N–H and O–H groups in total. The van der Waals surface area contributed by atoms with Gasteiger partial charge in [-0.3, -0.25) is 14.4 Å². The Kier molecular flexibility index (Phi) is 8.55. The van der Waals surface area contributed by atoms with Crippen LogP contribution in [-0.2, 0) is 36.1 Å². The first-order chi connectivity index (χ1) is 26.2. The molecular formula is C37H30Cl3FN6O8. The number of imide groups is 1. The Labute approximate surface area is 325 Å². The number of carbonyl (C=O) groups excluding carboxylic acids is 2. The first-order valence-electron chi connectivity index (χ1n) is 16.9. The lowest BCUT2D eigenvalue weighted by molar-refractivity contribution is -0.122. The molecule has 1 saturated heterocycles. The molecular weight excluding hydrogens is 782 g/mol. The van der Waals surface area contributed by atoms with Gasteiger partial charge < -0.3 is 19.1 Å². The molecule has 3 aromatic carbocycles. The summed E-state index contributed by atoms with van der Waals surface area (Å²) in [5.74, 6) is -3.35. The lowest BCUT2D eigenvalue weighted by Crippen LogP contribution is -2.59. The highest BCUT2D eigenvalue weighted by atomic mass is 35.5. The molecule has 284 valence electrons. The number of phenolic OH excluding ortho intramolecular Hbond substituents is 1. The van der Waals surface area contributed by atoms with Crippen molar-refractivity contribution in [2.45, 2.75) is 47.6 Å². The summed E-state index contributed by atoms with van der Waals surface area (Å²) in [5.41, 5.74) is -0.573. The van der Waals surface area contributed by atoms with Gasteiger partial charge in [-0.15, -0.1) is 23.2 Å². The van der Waals surface area contributed by atoms with Gasteiger partial charge >= 0.3 is 11.4 Å². The van der Waals surface area contributed by atoms with Crippen molar-refractivity contribution in [2.24, 2.45) is 7.05 Å². The van der Waals surface area contributed by atoms with E-state index in [4.69, 9.17) is 44.3 Å². The summed E-state index contributed by atoms with van der Waals surface area (Å²) in [6.45, 7) is -0.401. The van der Waals surface area contributed by atoms with Crippen LogP contribution in [0.25, 0.3) is 11.0 Å². The molecule has 2 aromatic heterocycles. The number of allylic oxidation sites excluding steroid dienone is 2. The smallest absolute Gasteiger partial charge is 0.347 e. The minimum Gasteiger partial charge on any atom is -0.508 e. The summed E-state index contributed by atoms with van der Waals surface area (Å²) in [5, 5.41) is 11.4. The predicted molar refractivity (Wildman–Crippen MR) is 200 cm³/mol. The Morgan fingerprint density at radius 2 is 1.64 bits per heavy atom. The molecule has 2 fully saturated rings. The highest BCUT2D eigenvalue weighted by Gasteiger charge is 2.76. The van der Waals surface area contributed by atoms with Crippen molar-refractivity contribution in [1.82, 2.24) is 23.5 Å². The molecule has 2 aliphatic heterocycles. The summed E-state index contributed by atoms with van der Waals surface area (Å²) in [6, 6.07) is 10.8. The second kappa shape index (κ2) is 12.9. The Morgan fingerprint density at radius 3 is 2.33 bits per heavy atom. The van der Waals surface area contributed by atoms with E-state index >= 15 is 0 Å². The van der Waals surface area contributed by atoms with E-state index in [0.29, 0.717) is 28.1 Å². The van der Waals surface area contributed by atoms with Crippen LogP contribution in [0.2, 0.25) is 5.02 Å². The molecule has 4 heterocycles. The average molecular weight is 812 g/mol. The highest BCUT2D eigenvalue weighted by molar-refractivity contribution is 6.58. The van der Waals surface area contributed by atoms with Crippen LogP contribution < -0.4 is 31.3 Å². The van der Waals surface area contributed by atoms with Gasteiger partial charge in [0.05, 0.1) is 43.5 Å². The maximum atomic E-state index is 14.5. The number of anilines is 1. The first kappa shape index (κ1) is 36.6. The molecule has 0 radical (unpaired) electrons. The molecule has 3 aliphatic rings. The van der Waals surface area contributed by atoms with E-state index in [1.165, 1.54) is 53.8 Å². The van der Waals surface area contributed by atoms with E-state index in [9.17, 15) is 33.5 Å². The summed E-state index contributed by atoms with van der Waals surface area (Å²) in [4.78, 5) is 71.3. The van der Waals surface area contributed by atoms with Crippen LogP contribution in [0, 0.1) is 5.82 Å². The number of halogens is 4. The fourth-order valence-corrected chi connectivity index (χ4v) is 9.18. The van der Waals surface area contributed by atoms with E-state index in [2.05, 4.69) is 4.98 Å². The van der Waals surface area contributed by atoms with Gasteiger partial charge in [-0.2, -0.15) is 0 Å². The number of aromatic hydroxyl groups is 1. The zero-order valence-corrected chi connectivity index (χ0v) is 31.5. The lowest BCUT2D eigenvalue weighted by atomic mass is 9.64. The average Bonchev–Trinajstić information content (AvgIpc) is 3.50. The van der Waals surface area contributed by atoms with Gasteiger partial charge in [-0.05, 0) is 48.0 Å². The Hall–Kier alpha value is -5.38. The molecule has 0 bridgehead atoms. The molecule has 55 heavy (non-hydrogen) atoms. The number of benzene rings is 3. The summed E-state index contributed by atoms with van der Waals surface area (Å²) in [7, 11) is 4.50. The molecule has 18 heteroatoms. The van der Waals surface area contributed by atoms with E-state index < -0.39 is 62.7 Å². The molecule has 4 atom stereocenters. The number of aryl methyl sites for hydroxylation is 2. The van der Waals surface area contributed by atoms with E-state index in [1.807, 2.05) is 0 Å². The Balaban J connectivity index is 1.23. The van der Waals surface area contributed by atoms with E-state index in [-0.39, 0.29) is 47.2 Å². The molecule has 14 nitrogen and oxygen atoms in total. The summed E-state index contributed by atoms with van der Waals surface area (Å²) < 4.78 is 29.4. The number of methoxy groups -OCH3 is 2. The maximum absolute atomic E-state index is 14.5. The number of phenols is 1. The van der Waals surface area contributed by atoms with Gasteiger partial charge in [-0.1, -0.05) is 17.7 Å². The SMILES string of the molecule is COc1cc2nc(CCn3c(=O)n4n(c3=O)C3CC5(Cl)C(=O)N(c6ccc(F)cc6)C(=O)C5(Cl)C(c5cc(Cl)ccc5O)C3=CC4)c(=O)n(C)c2cc1OC. The third-order valence-electron chi connectivity index (χ3n) is 10.8. The van der Waals surface area contributed by atoms with Crippen molar-refractivity contribution in [2.75, 3.05) is 19.1 Å². The van der Waals surface area contributed by atoms with Gasteiger partial charge in [0, 0.05) is 55.1 Å². The van der Waals surface area contributed by atoms with Gasteiger partial charge in [0.2, 0.25) is 0 Å². The third kappa shape index (κ3) is 5.12. The number of ether oxygens (including phenoxy) is 2. The highest BCUT2D eigenvalue weighted by Crippen LogP contribution is 2.64. The lowest BCUT2D eigenvalue weighted by Gasteiger charge is -2.49. The number of amides is 2. The molecule has 1 saturated carbocycles.